The van der Waals surface area contributed by atoms with Gasteiger partial charge in [-0.3, -0.25) is 0 Å². The Morgan fingerprint density at radius 3 is 1.30 bits per heavy atom. The maximum atomic E-state index is 6.88. The Labute approximate surface area is 405 Å². The lowest BCUT2D eigenvalue weighted by Gasteiger charge is -2.26. The van der Waals surface area contributed by atoms with Gasteiger partial charge in [-0.05, 0) is 159 Å². The van der Waals surface area contributed by atoms with Crippen LogP contribution in [-0.2, 0) is 0 Å². The maximum Gasteiger partial charge on any atom is 0.159 e. The second kappa shape index (κ2) is 16.2. The van der Waals surface area contributed by atoms with Crippen LogP contribution in [-0.4, -0.2) is 0 Å². The van der Waals surface area contributed by atoms with Crippen molar-refractivity contribution in [1.29, 1.82) is 0 Å². The highest BCUT2D eigenvalue weighted by Gasteiger charge is 2.21. The number of fused-ring (bicyclic) bond motifs is 9. The van der Waals surface area contributed by atoms with E-state index in [1.165, 1.54) is 87.2 Å². The number of benzene rings is 13. The molecule has 0 atom stereocenters. The van der Waals surface area contributed by atoms with Crippen LogP contribution in [0.25, 0.3) is 120 Å². The van der Waals surface area contributed by atoms with E-state index in [-0.39, 0.29) is 0 Å². The first-order valence-electron chi connectivity index (χ1n) is 24.0. The van der Waals surface area contributed by atoms with Crippen molar-refractivity contribution >= 4 is 92.9 Å². The fraction of sp³-hybridized carbons (Fsp3) is 0. The minimum atomic E-state index is 0.856. The Morgan fingerprint density at radius 1 is 0.257 bits per heavy atom. The molecular formula is C68H43NO. The average molecular weight is 890 g/mol. The zero-order chi connectivity index (χ0) is 46.1. The van der Waals surface area contributed by atoms with Crippen molar-refractivity contribution in [2.75, 3.05) is 4.90 Å². The van der Waals surface area contributed by atoms with Gasteiger partial charge in [0.25, 0.3) is 0 Å². The zero-order valence-electron chi connectivity index (χ0n) is 38.2. The molecule has 0 bridgehead atoms. The molecule has 14 rings (SSSR count). The van der Waals surface area contributed by atoms with E-state index in [4.69, 9.17) is 4.42 Å². The Kier molecular flexibility index (Phi) is 9.25. The van der Waals surface area contributed by atoms with Gasteiger partial charge in [0, 0.05) is 22.1 Å². The standard InChI is InChI=1S/C68H43NO/c1-3-13-49-40-52(24-22-44(49)10-1)55-28-27-53-41-51(25-26-54(53)42-55)46-30-35-57(36-31-46)69(65-21-9-20-64-67-61-15-6-5-12-47(61)34-39-66(67)70-68(64)65)58-37-32-48(33-38-58)59-16-7-19-63-60(17-8-18-62(59)63)56-29-23-45-11-2-4-14-50(45)43-56/h1-43H. The van der Waals surface area contributed by atoms with Crippen LogP contribution < -0.4 is 4.90 Å². The van der Waals surface area contributed by atoms with Gasteiger partial charge >= 0.3 is 0 Å². The highest BCUT2D eigenvalue weighted by atomic mass is 16.3. The lowest BCUT2D eigenvalue weighted by atomic mass is 9.92. The summed E-state index contributed by atoms with van der Waals surface area (Å²) in [7, 11) is 0. The molecule has 0 aliphatic heterocycles. The molecule has 0 radical (unpaired) electrons. The van der Waals surface area contributed by atoms with E-state index in [1.807, 2.05) is 0 Å². The first kappa shape index (κ1) is 39.9. The van der Waals surface area contributed by atoms with Gasteiger partial charge in [-0.1, -0.05) is 200 Å². The van der Waals surface area contributed by atoms with Gasteiger partial charge in [-0.15, -0.1) is 0 Å². The Bertz CT molecular complexity index is 4350. The molecule has 1 heterocycles. The molecule has 2 nitrogen and oxygen atoms in total. The minimum Gasteiger partial charge on any atom is -0.454 e. The summed E-state index contributed by atoms with van der Waals surface area (Å²) in [5.74, 6) is 0. The number of rotatable bonds is 7. The summed E-state index contributed by atoms with van der Waals surface area (Å²) in [5, 5.41) is 14.5. The number of anilines is 3. The molecule has 326 valence electrons. The summed E-state index contributed by atoms with van der Waals surface area (Å²) >= 11 is 0. The molecule has 1 aromatic heterocycles. The van der Waals surface area contributed by atoms with E-state index in [0.29, 0.717) is 0 Å². The normalized spacial score (nSPS) is 11.7. The number of nitrogens with zero attached hydrogens (tertiary/aromatic N) is 1. The smallest absolute Gasteiger partial charge is 0.159 e. The van der Waals surface area contributed by atoms with Crippen LogP contribution in [0.4, 0.5) is 17.1 Å². The summed E-state index contributed by atoms with van der Waals surface area (Å²) in [5.41, 5.74) is 14.4. The third kappa shape index (κ3) is 6.72. The highest BCUT2D eigenvalue weighted by Crippen LogP contribution is 2.45. The van der Waals surface area contributed by atoms with E-state index in [9.17, 15) is 0 Å². The van der Waals surface area contributed by atoms with Crippen molar-refractivity contribution in [3.8, 4) is 44.5 Å². The number of hydrogen-bond acceptors (Lipinski definition) is 2. The molecule has 0 amide bonds. The van der Waals surface area contributed by atoms with Gasteiger partial charge in [0.05, 0.1) is 5.69 Å². The molecule has 0 N–H and O–H groups in total. The van der Waals surface area contributed by atoms with Crippen molar-refractivity contribution in [3.05, 3.63) is 261 Å². The van der Waals surface area contributed by atoms with Crippen LogP contribution in [0, 0.1) is 0 Å². The SMILES string of the molecule is c1ccc2cc(-c3ccc4cc(-c5ccc(N(c6ccc(-c7cccc8c(-c9ccc%10ccccc%10c9)cccc78)cc6)c6cccc7c6oc6ccc8ccccc8c67)cc5)ccc4c3)ccc2c1. The van der Waals surface area contributed by atoms with Crippen LogP contribution >= 0.6 is 0 Å². The van der Waals surface area contributed by atoms with Crippen molar-refractivity contribution in [2.24, 2.45) is 0 Å². The molecule has 0 saturated heterocycles. The zero-order valence-corrected chi connectivity index (χ0v) is 38.2. The van der Waals surface area contributed by atoms with E-state index in [1.54, 1.807) is 0 Å². The highest BCUT2D eigenvalue weighted by molar-refractivity contribution is 6.21. The quantitative estimate of drug-likeness (QED) is 0.159. The van der Waals surface area contributed by atoms with Gasteiger partial charge < -0.3 is 9.32 Å². The van der Waals surface area contributed by atoms with Crippen molar-refractivity contribution < 1.29 is 4.42 Å². The van der Waals surface area contributed by atoms with Gasteiger partial charge in [0.2, 0.25) is 0 Å². The fourth-order valence-corrected chi connectivity index (χ4v) is 10.9. The summed E-state index contributed by atoms with van der Waals surface area (Å²) in [6.07, 6.45) is 0. The number of furan rings is 1. The summed E-state index contributed by atoms with van der Waals surface area (Å²) < 4.78 is 6.88. The molecule has 0 aliphatic rings. The Balaban J connectivity index is 0.852. The third-order valence-corrected chi connectivity index (χ3v) is 14.4. The molecule has 70 heavy (non-hydrogen) atoms. The predicted octanol–water partition coefficient (Wildman–Crippen LogP) is 19.5. The minimum absolute atomic E-state index is 0.856. The van der Waals surface area contributed by atoms with Gasteiger partial charge in [-0.2, -0.15) is 0 Å². The van der Waals surface area contributed by atoms with E-state index >= 15 is 0 Å². The predicted molar refractivity (Wildman–Crippen MR) is 298 cm³/mol. The van der Waals surface area contributed by atoms with Crippen LogP contribution in [0.5, 0.6) is 0 Å². The van der Waals surface area contributed by atoms with Crippen molar-refractivity contribution in [3.63, 3.8) is 0 Å². The Hall–Kier alpha value is -9.24. The van der Waals surface area contributed by atoms with Crippen LogP contribution in [0.3, 0.4) is 0 Å². The van der Waals surface area contributed by atoms with Gasteiger partial charge in [0.15, 0.2) is 5.58 Å². The van der Waals surface area contributed by atoms with Crippen LogP contribution in [0.2, 0.25) is 0 Å². The largest absolute Gasteiger partial charge is 0.454 e. The van der Waals surface area contributed by atoms with Crippen molar-refractivity contribution in [2.45, 2.75) is 0 Å². The van der Waals surface area contributed by atoms with E-state index in [0.717, 1.165) is 50.1 Å². The molecule has 0 spiro atoms. The topological polar surface area (TPSA) is 16.4 Å². The maximum absolute atomic E-state index is 6.88. The molecule has 0 aliphatic carbocycles. The molecular weight excluding hydrogens is 847 g/mol. The average Bonchev–Trinajstić information content (AvgIpc) is 3.83. The lowest BCUT2D eigenvalue weighted by molar-refractivity contribution is 0.669. The molecule has 2 heteroatoms. The van der Waals surface area contributed by atoms with Gasteiger partial charge in [0.1, 0.15) is 5.58 Å². The summed E-state index contributed by atoms with van der Waals surface area (Å²) in [6, 6.07) is 95.0. The number of para-hydroxylation sites is 1. The van der Waals surface area contributed by atoms with E-state index in [2.05, 4.69) is 266 Å². The molecule has 0 saturated carbocycles. The van der Waals surface area contributed by atoms with Gasteiger partial charge in [-0.25, -0.2) is 0 Å². The second-order valence-corrected chi connectivity index (χ2v) is 18.5. The monoisotopic (exact) mass is 889 g/mol. The second-order valence-electron chi connectivity index (χ2n) is 18.5. The molecule has 14 aromatic rings. The summed E-state index contributed by atoms with van der Waals surface area (Å²) in [4.78, 5) is 2.34. The van der Waals surface area contributed by atoms with Crippen LogP contribution in [0.15, 0.2) is 265 Å². The Morgan fingerprint density at radius 2 is 0.671 bits per heavy atom. The van der Waals surface area contributed by atoms with Crippen molar-refractivity contribution in [1.82, 2.24) is 0 Å². The summed E-state index contributed by atoms with van der Waals surface area (Å²) in [6.45, 7) is 0. The molecule has 0 fully saturated rings. The molecule has 0 unspecified atom stereocenters. The third-order valence-electron chi connectivity index (χ3n) is 14.4. The lowest BCUT2D eigenvalue weighted by Crippen LogP contribution is -2.10. The van der Waals surface area contributed by atoms with E-state index < -0.39 is 0 Å². The fourth-order valence-electron chi connectivity index (χ4n) is 10.9. The first-order chi connectivity index (χ1) is 34.7. The number of hydrogen-bond donors (Lipinski definition) is 0. The first-order valence-corrected chi connectivity index (χ1v) is 24.0. The van der Waals surface area contributed by atoms with Crippen LogP contribution in [0.1, 0.15) is 0 Å². The molecule has 13 aromatic carbocycles.